The van der Waals surface area contributed by atoms with Gasteiger partial charge in [-0.05, 0) is 57.1 Å². The molecule has 2 N–H and O–H groups in total. The second-order valence-corrected chi connectivity index (χ2v) is 7.43. The molecule has 1 aliphatic carbocycles. The summed E-state index contributed by atoms with van der Waals surface area (Å²) >= 11 is 6.14. The Hall–Kier alpha value is -1.20. The molecule has 1 aliphatic heterocycles. The number of carbonyl (C=O) groups is 1. The molecule has 2 fully saturated rings. The molecule has 1 atom stereocenters. The summed E-state index contributed by atoms with van der Waals surface area (Å²) in [5, 5.41) is 6.84. The third kappa shape index (κ3) is 4.67. The summed E-state index contributed by atoms with van der Waals surface area (Å²) in [4.78, 5) is 15.6. The zero-order valence-corrected chi connectivity index (χ0v) is 14.6. The van der Waals surface area contributed by atoms with E-state index in [0.717, 1.165) is 57.3 Å². The van der Waals surface area contributed by atoms with E-state index >= 15 is 0 Å². The molecule has 1 saturated heterocycles. The SMILES string of the molecule is O=C1C[C@@H](NCC[C@H]2CC[C@H](c3ncc(F)cc3Cl)CC2)CCN1. The van der Waals surface area contributed by atoms with E-state index in [1.807, 2.05) is 0 Å². The van der Waals surface area contributed by atoms with Crippen LogP contribution in [-0.2, 0) is 4.79 Å². The lowest BCUT2D eigenvalue weighted by atomic mass is 9.79. The van der Waals surface area contributed by atoms with E-state index in [4.69, 9.17) is 11.6 Å². The molecule has 1 aromatic rings. The lowest BCUT2D eigenvalue weighted by Crippen LogP contribution is -2.43. The molecule has 132 valence electrons. The normalized spacial score (nSPS) is 27.8. The van der Waals surface area contributed by atoms with Gasteiger partial charge in [-0.15, -0.1) is 0 Å². The van der Waals surface area contributed by atoms with E-state index in [-0.39, 0.29) is 11.7 Å². The Bertz CT molecular complexity index is 575. The Morgan fingerprint density at radius 3 is 2.79 bits per heavy atom. The number of nitrogens with one attached hydrogen (secondary N) is 2. The molecule has 1 saturated carbocycles. The van der Waals surface area contributed by atoms with Crippen molar-refractivity contribution in [3.8, 4) is 0 Å². The van der Waals surface area contributed by atoms with E-state index in [1.54, 1.807) is 0 Å². The van der Waals surface area contributed by atoms with E-state index in [9.17, 15) is 9.18 Å². The molecule has 6 heteroatoms. The van der Waals surface area contributed by atoms with Crippen LogP contribution in [0, 0.1) is 11.7 Å². The predicted molar refractivity (Wildman–Crippen MR) is 92.6 cm³/mol. The van der Waals surface area contributed by atoms with Crippen molar-refractivity contribution in [1.29, 1.82) is 0 Å². The number of carbonyl (C=O) groups excluding carboxylic acids is 1. The first-order valence-electron chi connectivity index (χ1n) is 8.93. The summed E-state index contributed by atoms with van der Waals surface area (Å²) in [6.45, 7) is 1.76. The second kappa shape index (κ2) is 8.26. The average molecular weight is 354 g/mol. The number of halogens is 2. The number of aromatic nitrogens is 1. The molecule has 0 bridgehead atoms. The van der Waals surface area contributed by atoms with Crippen molar-refractivity contribution in [2.75, 3.05) is 13.1 Å². The van der Waals surface area contributed by atoms with E-state index < -0.39 is 0 Å². The van der Waals surface area contributed by atoms with Gasteiger partial charge in [0.15, 0.2) is 0 Å². The van der Waals surface area contributed by atoms with Gasteiger partial charge in [0.25, 0.3) is 0 Å². The van der Waals surface area contributed by atoms with Gasteiger partial charge in [-0.2, -0.15) is 0 Å². The summed E-state index contributed by atoms with van der Waals surface area (Å²) in [6, 6.07) is 1.69. The molecule has 0 spiro atoms. The average Bonchev–Trinajstić information content (AvgIpc) is 2.56. The molecule has 0 aromatic carbocycles. The number of hydrogen-bond donors (Lipinski definition) is 2. The smallest absolute Gasteiger partial charge is 0.221 e. The van der Waals surface area contributed by atoms with E-state index in [1.165, 1.54) is 12.3 Å². The van der Waals surface area contributed by atoms with Gasteiger partial charge in [-0.1, -0.05) is 11.6 Å². The number of piperidine rings is 1. The highest BCUT2D eigenvalue weighted by Crippen LogP contribution is 2.38. The summed E-state index contributed by atoms with van der Waals surface area (Å²) in [5.41, 5.74) is 0.850. The summed E-state index contributed by atoms with van der Waals surface area (Å²) in [7, 11) is 0. The van der Waals surface area contributed by atoms with Gasteiger partial charge in [0.05, 0.1) is 16.9 Å². The minimum absolute atomic E-state index is 0.155. The van der Waals surface area contributed by atoms with Crippen LogP contribution in [0.4, 0.5) is 4.39 Å². The fraction of sp³-hybridized carbons (Fsp3) is 0.667. The van der Waals surface area contributed by atoms with Gasteiger partial charge in [-0.3, -0.25) is 9.78 Å². The van der Waals surface area contributed by atoms with Crippen LogP contribution in [0.5, 0.6) is 0 Å². The quantitative estimate of drug-likeness (QED) is 0.853. The van der Waals surface area contributed by atoms with Gasteiger partial charge in [0.1, 0.15) is 5.82 Å². The molecular formula is C18H25ClFN3O. The number of hydrogen-bond acceptors (Lipinski definition) is 3. The maximum absolute atomic E-state index is 13.1. The number of rotatable bonds is 5. The fourth-order valence-corrected chi connectivity index (χ4v) is 4.21. The zero-order valence-electron chi connectivity index (χ0n) is 13.9. The van der Waals surface area contributed by atoms with Crippen LogP contribution in [0.25, 0.3) is 0 Å². The molecule has 1 amide bonds. The predicted octanol–water partition coefficient (Wildman–Crippen LogP) is 3.41. The van der Waals surface area contributed by atoms with Crippen LogP contribution in [0.3, 0.4) is 0 Å². The molecular weight excluding hydrogens is 329 g/mol. The largest absolute Gasteiger partial charge is 0.356 e. The van der Waals surface area contributed by atoms with Gasteiger partial charge in [0, 0.05) is 24.9 Å². The second-order valence-electron chi connectivity index (χ2n) is 7.02. The first kappa shape index (κ1) is 17.6. The van der Waals surface area contributed by atoms with Crippen molar-refractivity contribution in [2.24, 2.45) is 5.92 Å². The summed E-state index contributed by atoms with van der Waals surface area (Å²) in [6.07, 6.45) is 8.48. The highest BCUT2D eigenvalue weighted by molar-refractivity contribution is 6.31. The molecule has 3 rings (SSSR count). The number of nitrogens with zero attached hydrogens (tertiary/aromatic N) is 1. The molecule has 0 unspecified atom stereocenters. The molecule has 0 radical (unpaired) electrons. The van der Waals surface area contributed by atoms with Crippen molar-refractivity contribution in [2.45, 2.75) is 56.9 Å². The van der Waals surface area contributed by atoms with Crippen molar-refractivity contribution < 1.29 is 9.18 Å². The summed E-state index contributed by atoms with van der Waals surface area (Å²) < 4.78 is 13.1. The van der Waals surface area contributed by atoms with Crippen molar-refractivity contribution in [3.63, 3.8) is 0 Å². The Morgan fingerprint density at radius 1 is 1.29 bits per heavy atom. The highest BCUT2D eigenvalue weighted by atomic mass is 35.5. The van der Waals surface area contributed by atoms with Gasteiger partial charge in [-0.25, -0.2) is 4.39 Å². The molecule has 2 heterocycles. The van der Waals surface area contributed by atoms with Crippen LogP contribution >= 0.6 is 11.6 Å². The van der Waals surface area contributed by atoms with Crippen LogP contribution in [-0.4, -0.2) is 30.0 Å². The fourth-order valence-electron chi connectivity index (χ4n) is 3.90. The molecule has 2 aliphatic rings. The van der Waals surface area contributed by atoms with Gasteiger partial charge >= 0.3 is 0 Å². The van der Waals surface area contributed by atoms with Crippen molar-refractivity contribution in [1.82, 2.24) is 15.6 Å². The monoisotopic (exact) mass is 353 g/mol. The van der Waals surface area contributed by atoms with Crippen LogP contribution in [0.15, 0.2) is 12.3 Å². The maximum Gasteiger partial charge on any atom is 0.221 e. The third-order valence-electron chi connectivity index (χ3n) is 5.30. The number of pyridine rings is 1. The van der Waals surface area contributed by atoms with Crippen LogP contribution < -0.4 is 10.6 Å². The van der Waals surface area contributed by atoms with Crippen LogP contribution in [0.1, 0.15) is 56.6 Å². The first-order chi connectivity index (χ1) is 11.6. The Labute approximate surface area is 147 Å². The first-order valence-corrected chi connectivity index (χ1v) is 9.30. The Balaban J connectivity index is 1.40. The lowest BCUT2D eigenvalue weighted by Gasteiger charge is -2.29. The highest BCUT2D eigenvalue weighted by Gasteiger charge is 2.25. The minimum atomic E-state index is -0.375. The lowest BCUT2D eigenvalue weighted by molar-refractivity contribution is -0.122. The zero-order chi connectivity index (χ0) is 16.9. The molecule has 24 heavy (non-hydrogen) atoms. The Kier molecular flexibility index (Phi) is 6.06. The standard InChI is InChI=1S/C18H25ClFN3O/c19-16-9-14(20)11-23-18(16)13-3-1-12(2-4-13)5-7-21-15-6-8-22-17(24)10-15/h9,11-13,15,21H,1-8,10H2,(H,22,24)/t12-,13-,15-/m0/s1. The van der Waals surface area contributed by atoms with Gasteiger partial charge < -0.3 is 10.6 Å². The molecule has 1 aromatic heterocycles. The molecule has 4 nitrogen and oxygen atoms in total. The van der Waals surface area contributed by atoms with Crippen molar-refractivity contribution in [3.05, 3.63) is 28.8 Å². The van der Waals surface area contributed by atoms with Crippen molar-refractivity contribution >= 4 is 17.5 Å². The topological polar surface area (TPSA) is 54.0 Å². The van der Waals surface area contributed by atoms with Crippen LogP contribution in [0.2, 0.25) is 5.02 Å². The Morgan fingerprint density at radius 2 is 2.08 bits per heavy atom. The number of amides is 1. The minimum Gasteiger partial charge on any atom is -0.356 e. The summed E-state index contributed by atoms with van der Waals surface area (Å²) in [5.74, 6) is 0.845. The third-order valence-corrected chi connectivity index (χ3v) is 5.60. The maximum atomic E-state index is 13.1. The van der Waals surface area contributed by atoms with E-state index in [2.05, 4.69) is 15.6 Å². The van der Waals surface area contributed by atoms with E-state index in [0.29, 0.717) is 29.3 Å². The van der Waals surface area contributed by atoms with Gasteiger partial charge in [0.2, 0.25) is 5.91 Å².